The minimum atomic E-state index is -0.0410. The van der Waals surface area contributed by atoms with Crippen molar-refractivity contribution in [3.05, 3.63) is 23.8 Å². The average Bonchev–Trinajstić information content (AvgIpc) is 3.04. The number of ketones is 1. The van der Waals surface area contributed by atoms with E-state index in [0.29, 0.717) is 17.8 Å². The van der Waals surface area contributed by atoms with Crippen molar-refractivity contribution < 1.29 is 9.53 Å². The van der Waals surface area contributed by atoms with Crippen LogP contribution in [-0.2, 0) is 9.53 Å². The standard InChI is InChI=1S/C23H32O2/c1-14-12-15(2)25-23(14)11-9-21-20-6-4-16-13-17(24)5-7-18(16)19(20)8-10-22(21,23)3/h13,15,18-21H,1,4-12H2,2-3H3/t15-,18-,19+,20+,21-,22-,23+/m0/s1. The van der Waals surface area contributed by atoms with Crippen molar-refractivity contribution in [1.82, 2.24) is 0 Å². The van der Waals surface area contributed by atoms with Gasteiger partial charge in [-0.05, 0) is 93.6 Å². The molecule has 0 aromatic carbocycles. The van der Waals surface area contributed by atoms with E-state index >= 15 is 0 Å². The lowest BCUT2D eigenvalue weighted by molar-refractivity contribution is -0.129. The highest BCUT2D eigenvalue weighted by molar-refractivity contribution is 5.91. The smallest absolute Gasteiger partial charge is 0.155 e. The highest BCUT2D eigenvalue weighted by Crippen LogP contribution is 2.68. The first-order valence-electron chi connectivity index (χ1n) is 10.5. The zero-order valence-corrected chi connectivity index (χ0v) is 15.9. The fraction of sp³-hybridized carbons (Fsp3) is 0.783. The monoisotopic (exact) mass is 340 g/mol. The van der Waals surface area contributed by atoms with E-state index in [1.165, 1.54) is 43.3 Å². The summed E-state index contributed by atoms with van der Waals surface area (Å²) < 4.78 is 6.64. The zero-order chi connectivity index (χ0) is 17.4. The van der Waals surface area contributed by atoms with Gasteiger partial charge in [0.05, 0.1) is 11.7 Å². The third kappa shape index (κ3) is 2.04. The van der Waals surface area contributed by atoms with E-state index < -0.39 is 0 Å². The lowest BCUT2D eigenvalue weighted by atomic mass is 9.50. The van der Waals surface area contributed by atoms with Crippen LogP contribution in [0.25, 0.3) is 0 Å². The van der Waals surface area contributed by atoms with Crippen LogP contribution in [0.5, 0.6) is 0 Å². The molecule has 0 aromatic rings. The highest BCUT2D eigenvalue weighted by Gasteiger charge is 2.66. The van der Waals surface area contributed by atoms with Gasteiger partial charge in [0.2, 0.25) is 0 Å². The Balaban J connectivity index is 1.47. The molecule has 4 aliphatic carbocycles. The van der Waals surface area contributed by atoms with Gasteiger partial charge < -0.3 is 4.74 Å². The predicted octanol–water partition coefficient (Wildman–Crippen LogP) is 5.23. The van der Waals surface area contributed by atoms with Crippen LogP contribution in [0.3, 0.4) is 0 Å². The topological polar surface area (TPSA) is 26.3 Å². The minimum Gasteiger partial charge on any atom is -0.367 e. The summed E-state index contributed by atoms with van der Waals surface area (Å²) in [5, 5.41) is 0. The molecular formula is C23H32O2. The maximum Gasteiger partial charge on any atom is 0.155 e. The first kappa shape index (κ1) is 16.3. The molecule has 1 saturated heterocycles. The number of fused-ring (bicyclic) bond motifs is 6. The van der Waals surface area contributed by atoms with E-state index in [2.05, 4.69) is 20.4 Å². The van der Waals surface area contributed by atoms with Gasteiger partial charge in [0.1, 0.15) is 0 Å². The lowest BCUT2D eigenvalue weighted by Gasteiger charge is -2.56. The molecule has 0 bridgehead atoms. The predicted molar refractivity (Wildman–Crippen MR) is 99.1 cm³/mol. The third-order valence-corrected chi connectivity index (χ3v) is 8.93. The van der Waals surface area contributed by atoms with Crippen LogP contribution in [0.15, 0.2) is 23.8 Å². The fourth-order valence-corrected chi connectivity index (χ4v) is 7.93. The second-order valence-electron chi connectivity index (χ2n) is 9.86. The van der Waals surface area contributed by atoms with Gasteiger partial charge in [-0.15, -0.1) is 0 Å². The summed E-state index contributed by atoms with van der Waals surface area (Å²) in [6.45, 7) is 9.23. The Kier molecular flexibility index (Phi) is 3.46. The molecule has 1 heterocycles. The number of hydrogen-bond acceptors (Lipinski definition) is 2. The van der Waals surface area contributed by atoms with Crippen LogP contribution in [-0.4, -0.2) is 17.5 Å². The molecule has 0 radical (unpaired) electrons. The van der Waals surface area contributed by atoms with E-state index in [0.717, 1.165) is 43.4 Å². The van der Waals surface area contributed by atoms with Crippen molar-refractivity contribution in [2.45, 2.75) is 83.3 Å². The number of allylic oxidation sites excluding steroid dienone is 1. The third-order valence-electron chi connectivity index (χ3n) is 8.93. The quantitative estimate of drug-likeness (QED) is 0.564. The Morgan fingerprint density at radius 1 is 1.12 bits per heavy atom. The molecule has 1 spiro atoms. The molecule has 136 valence electrons. The van der Waals surface area contributed by atoms with Gasteiger partial charge in [-0.1, -0.05) is 19.1 Å². The van der Waals surface area contributed by atoms with Gasteiger partial charge >= 0.3 is 0 Å². The van der Waals surface area contributed by atoms with Gasteiger partial charge in [0.25, 0.3) is 0 Å². The molecule has 3 saturated carbocycles. The number of rotatable bonds is 0. The molecule has 0 N–H and O–H groups in total. The Morgan fingerprint density at radius 2 is 1.96 bits per heavy atom. The second-order valence-corrected chi connectivity index (χ2v) is 9.86. The van der Waals surface area contributed by atoms with E-state index in [-0.39, 0.29) is 11.0 Å². The molecule has 25 heavy (non-hydrogen) atoms. The Hall–Kier alpha value is -0.890. The van der Waals surface area contributed by atoms with Crippen LogP contribution in [0, 0.1) is 29.1 Å². The van der Waals surface area contributed by atoms with Crippen LogP contribution >= 0.6 is 0 Å². The highest BCUT2D eigenvalue weighted by atomic mass is 16.5. The fourth-order valence-electron chi connectivity index (χ4n) is 7.93. The number of carbonyl (C=O) groups excluding carboxylic acids is 1. The summed E-state index contributed by atoms with van der Waals surface area (Å²) in [6.07, 6.45) is 12.8. The summed E-state index contributed by atoms with van der Waals surface area (Å²) in [4.78, 5) is 11.8. The molecule has 5 rings (SSSR count). The first-order chi connectivity index (χ1) is 11.9. The molecule has 0 aromatic heterocycles. The maximum atomic E-state index is 11.8. The molecule has 2 nitrogen and oxygen atoms in total. The van der Waals surface area contributed by atoms with Gasteiger partial charge in [0.15, 0.2) is 5.78 Å². The summed E-state index contributed by atoms with van der Waals surface area (Å²) >= 11 is 0. The number of hydrogen-bond donors (Lipinski definition) is 0. The molecule has 1 aliphatic heterocycles. The van der Waals surface area contributed by atoms with Crippen molar-refractivity contribution in [2.24, 2.45) is 29.1 Å². The minimum absolute atomic E-state index is 0.0410. The van der Waals surface area contributed by atoms with Gasteiger partial charge in [0, 0.05) is 11.8 Å². The van der Waals surface area contributed by atoms with Crippen molar-refractivity contribution in [2.75, 3.05) is 0 Å². The zero-order valence-electron chi connectivity index (χ0n) is 15.9. The number of ether oxygens (including phenoxy) is 1. The van der Waals surface area contributed by atoms with Gasteiger partial charge in [-0.2, -0.15) is 0 Å². The SMILES string of the molecule is C=C1C[C@H](C)O[C@]12CC[C@H]1[C@@H]3CCC4=CC(=O)CC[C@@H]4[C@H]3CC[C@@]12C. The normalized spacial score (nSPS) is 51.9. The summed E-state index contributed by atoms with van der Waals surface area (Å²) in [5.41, 5.74) is 3.11. The molecule has 0 amide bonds. The van der Waals surface area contributed by atoms with Crippen LogP contribution in [0.4, 0.5) is 0 Å². The van der Waals surface area contributed by atoms with Crippen molar-refractivity contribution in [3.63, 3.8) is 0 Å². The molecule has 7 atom stereocenters. The van der Waals surface area contributed by atoms with Crippen molar-refractivity contribution >= 4 is 5.78 Å². The molecule has 4 fully saturated rings. The Morgan fingerprint density at radius 3 is 2.72 bits per heavy atom. The number of carbonyl (C=O) groups is 1. The average molecular weight is 341 g/mol. The van der Waals surface area contributed by atoms with Crippen LogP contribution < -0.4 is 0 Å². The van der Waals surface area contributed by atoms with Crippen LogP contribution in [0.2, 0.25) is 0 Å². The Labute approximate surface area is 152 Å². The molecular weight excluding hydrogens is 308 g/mol. The lowest BCUT2D eigenvalue weighted by Crippen LogP contribution is -2.53. The van der Waals surface area contributed by atoms with E-state index in [9.17, 15) is 4.79 Å². The summed E-state index contributed by atoms with van der Waals surface area (Å²) in [5.74, 6) is 3.50. The van der Waals surface area contributed by atoms with Crippen LogP contribution in [0.1, 0.15) is 71.6 Å². The second kappa shape index (κ2) is 5.31. The van der Waals surface area contributed by atoms with E-state index in [1.54, 1.807) is 0 Å². The largest absolute Gasteiger partial charge is 0.367 e. The van der Waals surface area contributed by atoms with Gasteiger partial charge in [-0.3, -0.25) is 4.79 Å². The van der Waals surface area contributed by atoms with Crippen molar-refractivity contribution in [3.8, 4) is 0 Å². The van der Waals surface area contributed by atoms with E-state index in [1.807, 2.05) is 6.08 Å². The maximum absolute atomic E-state index is 11.8. The first-order valence-corrected chi connectivity index (χ1v) is 10.5. The van der Waals surface area contributed by atoms with Crippen molar-refractivity contribution in [1.29, 1.82) is 0 Å². The van der Waals surface area contributed by atoms with E-state index in [4.69, 9.17) is 4.74 Å². The molecule has 5 aliphatic rings. The molecule has 2 heteroatoms. The summed E-state index contributed by atoms with van der Waals surface area (Å²) in [7, 11) is 0. The summed E-state index contributed by atoms with van der Waals surface area (Å²) in [6, 6.07) is 0. The molecule has 0 unspecified atom stereocenters. The Bertz CT molecular complexity index is 661. The van der Waals surface area contributed by atoms with Gasteiger partial charge in [-0.25, -0.2) is 0 Å².